The zero-order valence-electron chi connectivity index (χ0n) is 8.59. The normalized spacial score (nSPS) is 13.8. The predicted octanol–water partition coefficient (Wildman–Crippen LogP) is 3.42. The molecule has 1 aromatic carbocycles. The Kier molecular flexibility index (Phi) is 2.74. The van der Waals surface area contributed by atoms with Crippen LogP contribution in [0.2, 0.25) is 0 Å². The molecule has 0 unspecified atom stereocenters. The van der Waals surface area contributed by atoms with Crippen molar-refractivity contribution >= 4 is 11.4 Å². The Bertz CT molecular complexity index is 461. The number of hydrogen-bond donors (Lipinski definition) is 0. The summed E-state index contributed by atoms with van der Waals surface area (Å²) in [4.78, 5) is 12.9. The Morgan fingerprint density at radius 3 is 2.50 bits per heavy atom. The highest BCUT2D eigenvalue weighted by molar-refractivity contribution is 5.61. The lowest BCUT2D eigenvalue weighted by molar-refractivity contribution is -0.384. The lowest BCUT2D eigenvalue weighted by atomic mass is 9.91. The average Bonchev–Trinajstić information content (AvgIpc) is 2.28. The first-order valence-electron chi connectivity index (χ1n) is 5.07. The molecule has 16 heavy (non-hydrogen) atoms. The maximum absolute atomic E-state index is 10.8. The van der Waals surface area contributed by atoms with E-state index in [0.29, 0.717) is 0 Å². The Morgan fingerprint density at radius 2 is 1.94 bits per heavy atom. The minimum Gasteiger partial charge on any atom is -0.258 e. The molecule has 0 spiro atoms. The maximum atomic E-state index is 10.8. The van der Waals surface area contributed by atoms with E-state index in [1.807, 2.05) is 0 Å². The van der Waals surface area contributed by atoms with Gasteiger partial charge in [-0.1, -0.05) is 5.11 Å². The molecule has 0 heterocycles. The van der Waals surface area contributed by atoms with Crippen LogP contribution in [0.5, 0.6) is 0 Å². The van der Waals surface area contributed by atoms with Crippen LogP contribution < -0.4 is 0 Å². The van der Waals surface area contributed by atoms with Gasteiger partial charge in [0.25, 0.3) is 5.69 Å². The van der Waals surface area contributed by atoms with Crippen molar-refractivity contribution in [2.24, 2.45) is 5.11 Å². The third kappa shape index (κ3) is 1.83. The van der Waals surface area contributed by atoms with Crippen molar-refractivity contribution in [3.05, 3.63) is 43.8 Å². The van der Waals surface area contributed by atoms with Gasteiger partial charge in [0.05, 0.1) is 4.92 Å². The number of azide groups is 1. The molecule has 0 radical (unpaired) electrons. The summed E-state index contributed by atoms with van der Waals surface area (Å²) in [7, 11) is 0. The van der Waals surface area contributed by atoms with Gasteiger partial charge in [-0.2, -0.15) is 0 Å². The van der Waals surface area contributed by atoms with Gasteiger partial charge in [0.15, 0.2) is 0 Å². The van der Waals surface area contributed by atoms with Gasteiger partial charge in [-0.05, 0) is 48.4 Å². The molecule has 2 rings (SSSR count). The highest BCUT2D eigenvalue weighted by Crippen LogP contribution is 2.34. The van der Waals surface area contributed by atoms with Crippen molar-refractivity contribution in [1.82, 2.24) is 0 Å². The fourth-order valence-corrected chi connectivity index (χ4v) is 2.03. The number of hydrogen-bond acceptors (Lipinski definition) is 3. The van der Waals surface area contributed by atoms with Gasteiger partial charge in [-0.3, -0.25) is 10.1 Å². The maximum Gasteiger partial charge on any atom is 0.279 e. The standard InChI is InChI=1S/C10H10N4O2/c11-13-12-9-5-7-3-1-2-4-8(7)6-10(9)14(15)16/h5-6H,1-4H2. The first-order chi connectivity index (χ1) is 7.72. The van der Waals surface area contributed by atoms with Crippen LogP contribution >= 0.6 is 0 Å². The van der Waals surface area contributed by atoms with E-state index in [2.05, 4.69) is 10.0 Å². The van der Waals surface area contributed by atoms with E-state index in [9.17, 15) is 10.1 Å². The van der Waals surface area contributed by atoms with Crippen LogP contribution in [0.4, 0.5) is 11.4 Å². The smallest absolute Gasteiger partial charge is 0.258 e. The average molecular weight is 218 g/mol. The summed E-state index contributed by atoms with van der Waals surface area (Å²) in [5.74, 6) is 0. The Morgan fingerprint density at radius 1 is 1.31 bits per heavy atom. The van der Waals surface area contributed by atoms with Gasteiger partial charge in [0, 0.05) is 11.0 Å². The summed E-state index contributed by atoms with van der Waals surface area (Å²) >= 11 is 0. The van der Waals surface area contributed by atoms with Crippen LogP contribution in [0.25, 0.3) is 10.4 Å². The quantitative estimate of drug-likeness (QED) is 0.250. The lowest BCUT2D eigenvalue weighted by Crippen LogP contribution is -2.03. The predicted molar refractivity (Wildman–Crippen MR) is 58.5 cm³/mol. The van der Waals surface area contributed by atoms with E-state index >= 15 is 0 Å². The molecule has 0 aliphatic heterocycles. The Hall–Kier alpha value is -2.07. The highest BCUT2D eigenvalue weighted by atomic mass is 16.6. The van der Waals surface area contributed by atoms with Gasteiger partial charge < -0.3 is 0 Å². The van der Waals surface area contributed by atoms with Crippen molar-refractivity contribution in [1.29, 1.82) is 0 Å². The number of nitro groups is 1. The second-order valence-corrected chi connectivity index (χ2v) is 3.76. The van der Waals surface area contributed by atoms with Crippen molar-refractivity contribution in [2.75, 3.05) is 0 Å². The van der Waals surface area contributed by atoms with E-state index in [4.69, 9.17) is 5.53 Å². The van der Waals surface area contributed by atoms with Crippen molar-refractivity contribution in [2.45, 2.75) is 25.7 Å². The molecule has 0 saturated heterocycles. The van der Waals surface area contributed by atoms with E-state index < -0.39 is 4.92 Å². The molecular formula is C10H10N4O2. The minimum absolute atomic E-state index is 0.0987. The minimum atomic E-state index is -0.501. The first kappa shape index (κ1) is 10.4. The molecule has 6 heteroatoms. The van der Waals surface area contributed by atoms with E-state index in [1.165, 1.54) is 0 Å². The number of fused-ring (bicyclic) bond motifs is 1. The van der Waals surface area contributed by atoms with Crippen LogP contribution in [0.15, 0.2) is 17.2 Å². The topological polar surface area (TPSA) is 91.9 Å². The van der Waals surface area contributed by atoms with Crippen molar-refractivity contribution < 1.29 is 4.92 Å². The molecule has 0 aromatic heterocycles. The number of nitrogens with zero attached hydrogens (tertiary/aromatic N) is 4. The van der Waals surface area contributed by atoms with Gasteiger partial charge in [0.2, 0.25) is 0 Å². The lowest BCUT2D eigenvalue weighted by Gasteiger charge is -2.15. The van der Waals surface area contributed by atoms with Crippen molar-refractivity contribution in [3.63, 3.8) is 0 Å². The zero-order valence-corrected chi connectivity index (χ0v) is 8.59. The Labute approximate surface area is 91.7 Å². The number of nitro benzene ring substituents is 1. The van der Waals surface area contributed by atoms with Crippen molar-refractivity contribution in [3.8, 4) is 0 Å². The fraction of sp³-hybridized carbons (Fsp3) is 0.400. The van der Waals surface area contributed by atoms with Gasteiger partial charge >= 0.3 is 0 Å². The van der Waals surface area contributed by atoms with Gasteiger partial charge in [-0.25, -0.2) is 0 Å². The molecule has 1 aliphatic carbocycles. The molecule has 0 N–H and O–H groups in total. The summed E-state index contributed by atoms with van der Waals surface area (Å²) in [5.41, 5.74) is 10.5. The molecule has 0 saturated carbocycles. The monoisotopic (exact) mass is 218 g/mol. The summed E-state index contributed by atoms with van der Waals surface area (Å²) in [6.07, 6.45) is 3.92. The molecule has 0 fully saturated rings. The van der Waals surface area contributed by atoms with Crippen LogP contribution in [0.3, 0.4) is 0 Å². The number of benzene rings is 1. The largest absolute Gasteiger partial charge is 0.279 e. The van der Waals surface area contributed by atoms with Crippen LogP contribution in [0.1, 0.15) is 24.0 Å². The molecule has 6 nitrogen and oxygen atoms in total. The van der Waals surface area contributed by atoms with Crippen LogP contribution in [-0.2, 0) is 12.8 Å². The van der Waals surface area contributed by atoms with Gasteiger partial charge in [0.1, 0.15) is 5.69 Å². The first-order valence-corrected chi connectivity index (χ1v) is 5.07. The molecule has 82 valence electrons. The SMILES string of the molecule is [N-]=[N+]=Nc1cc2c(cc1[N+](=O)[O-])CCCC2. The highest BCUT2D eigenvalue weighted by Gasteiger charge is 2.18. The molecule has 1 aromatic rings. The second kappa shape index (κ2) is 4.20. The third-order valence-corrected chi connectivity index (χ3v) is 2.79. The third-order valence-electron chi connectivity index (χ3n) is 2.79. The van der Waals surface area contributed by atoms with E-state index in [0.717, 1.165) is 36.8 Å². The zero-order chi connectivity index (χ0) is 11.5. The molecule has 0 bridgehead atoms. The molecule has 0 amide bonds. The fourth-order valence-electron chi connectivity index (χ4n) is 2.03. The van der Waals surface area contributed by atoms with E-state index in [1.54, 1.807) is 12.1 Å². The summed E-state index contributed by atoms with van der Waals surface area (Å²) in [6.45, 7) is 0. The van der Waals surface area contributed by atoms with Crippen LogP contribution in [0, 0.1) is 10.1 Å². The summed E-state index contributed by atoms with van der Waals surface area (Å²) in [5, 5.41) is 14.2. The van der Waals surface area contributed by atoms with Crippen LogP contribution in [-0.4, -0.2) is 4.92 Å². The second-order valence-electron chi connectivity index (χ2n) is 3.76. The number of rotatable bonds is 2. The van der Waals surface area contributed by atoms with Gasteiger partial charge in [-0.15, -0.1) is 0 Å². The van der Waals surface area contributed by atoms with E-state index in [-0.39, 0.29) is 11.4 Å². The molecule has 1 aliphatic rings. The number of aryl methyl sites for hydroxylation is 2. The molecule has 0 atom stereocenters. The molecular weight excluding hydrogens is 208 g/mol. The summed E-state index contributed by atoms with van der Waals surface area (Å²) < 4.78 is 0. The summed E-state index contributed by atoms with van der Waals surface area (Å²) in [6, 6.07) is 3.19. The Balaban J connectivity index is 2.58.